The van der Waals surface area contributed by atoms with Gasteiger partial charge in [0, 0.05) is 13.2 Å². The molecule has 0 amide bonds. The molecule has 0 spiro atoms. The molecule has 0 aliphatic rings. The summed E-state index contributed by atoms with van der Waals surface area (Å²) in [5.74, 6) is 0. The van der Waals surface area contributed by atoms with Crippen molar-refractivity contribution in [3.05, 3.63) is 0 Å². The first-order valence-electron chi connectivity index (χ1n) is 7.93. The van der Waals surface area contributed by atoms with E-state index in [1.165, 1.54) is 25.7 Å². The van der Waals surface area contributed by atoms with Crippen molar-refractivity contribution in [1.29, 1.82) is 0 Å². The zero-order valence-corrected chi connectivity index (χ0v) is 14.2. The summed E-state index contributed by atoms with van der Waals surface area (Å²) in [5.41, 5.74) is -0.0148. The lowest BCUT2D eigenvalue weighted by molar-refractivity contribution is -0.108. The van der Waals surface area contributed by atoms with E-state index in [0.29, 0.717) is 13.2 Å². The van der Waals surface area contributed by atoms with Crippen molar-refractivity contribution in [2.24, 2.45) is 0 Å². The molecule has 3 nitrogen and oxygen atoms in total. The van der Waals surface area contributed by atoms with Crippen LogP contribution in [-0.2, 0) is 13.6 Å². The van der Waals surface area contributed by atoms with E-state index in [1.807, 2.05) is 13.8 Å². The van der Waals surface area contributed by atoms with Crippen molar-refractivity contribution in [2.75, 3.05) is 13.2 Å². The van der Waals surface area contributed by atoms with Gasteiger partial charge in [0.1, 0.15) is 6.29 Å². The predicted molar refractivity (Wildman–Crippen MR) is 82.7 cm³/mol. The SMILES string of the molecule is CCCCCCCC(C=O)[Si](CC)(OCC)OCC. The summed E-state index contributed by atoms with van der Waals surface area (Å²) >= 11 is 0. The molecule has 0 heterocycles. The summed E-state index contributed by atoms with van der Waals surface area (Å²) in [4.78, 5) is 11.5. The van der Waals surface area contributed by atoms with Gasteiger partial charge >= 0.3 is 8.56 Å². The first-order chi connectivity index (χ1) is 9.20. The first-order valence-corrected chi connectivity index (χ1v) is 10.0. The fourth-order valence-electron chi connectivity index (χ4n) is 2.57. The van der Waals surface area contributed by atoms with Crippen molar-refractivity contribution in [2.45, 2.75) is 77.8 Å². The van der Waals surface area contributed by atoms with Gasteiger partial charge in [0.15, 0.2) is 0 Å². The third-order valence-electron chi connectivity index (χ3n) is 3.62. The average molecular weight is 289 g/mol. The largest absolute Gasteiger partial charge is 0.394 e. The van der Waals surface area contributed by atoms with Gasteiger partial charge in [0.05, 0.1) is 5.54 Å². The van der Waals surface area contributed by atoms with Crippen molar-refractivity contribution in [3.8, 4) is 0 Å². The van der Waals surface area contributed by atoms with Crippen LogP contribution >= 0.6 is 0 Å². The standard InChI is InChI=1S/C15H32O3Si/c1-5-9-10-11-12-13-15(14-16)19(8-4,17-6-2)18-7-3/h14-15H,5-13H2,1-4H3. The average Bonchev–Trinajstić information content (AvgIpc) is 2.42. The quantitative estimate of drug-likeness (QED) is 0.285. The molecule has 0 aliphatic carbocycles. The summed E-state index contributed by atoms with van der Waals surface area (Å²) in [6, 6.07) is 0.854. The van der Waals surface area contributed by atoms with Gasteiger partial charge in [-0.2, -0.15) is 0 Å². The van der Waals surface area contributed by atoms with Gasteiger partial charge in [0.2, 0.25) is 0 Å². The molecule has 0 bridgehead atoms. The zero-order valence-electron chi connectivity index (χ0n) is 13.2. The van der Waals surface area contributed by atoms with Gasteiger partial charge in [-0.3, -0.25) is 0 Å². The van der Waals surface area contributed by atoms with Crippen LogP contribution < -0.4 is 0 Å². The molecular weight excluding hydrogens is 256 g/mol. The molecule has 0 aromatic carbocycles. The highest BCUT2D eigenvalue weighted by molar-refractivity contribution is 6.71. The van der Waals surface area contributed by atoms with E-state index in [0.717, 1.165) is 25.2 Å². The number of aldehydes is 1. The van der Waals surface area contributed by atoms with E-state index in [-0.39, 0.29) is 5.54 Å². The second kappa shape index (κ2) is 11.6. The Hall–Kier alpha value is -0.193. The van der Waals surface area contributed by atoms with Crippen molar-refractivity contribution < 1.29 is 13.6 Å². The number of carbonyl (C=O) groups is 1. The lowest BCUT2D eigenvalue weighted by atomic mass is 10.1. The Labute approximate surface area is 120 Å². The highest BCUT2D eigenvalue weighted by atomic mass is 28.4. The molecule has 114 valence electrons. The van der Waals surface area contributed by atoms with Crippen molar-refractivity contribution in [1.82, 2.24) is 0 Å². The lowest BCUT2D eigenvalue weighted by Gasteiger charge is -2.33. The molecule has 1 unspecified atom stereocenters. The Morgan fingerprint density at radius 3 is 1.95 bits per heavy atom. The van der Waals surface area contributed by atoms with Crippen LogP contribution in [0.2, 0.25) is 11.6 Å². The Morgan fingerprint density at radius 1 is 0.947 bits per heavy atom. The van der Waals surface area contributed by atoms with Gasteiger partial charge in [0.25, 0.3) is 0 Å². The molecule has 0 N–H and O–H groups in total. The second-order valence-electron chi connectivity index (χ2n) is 4.98. The summed E-state index contributed by atoms with van der Waals surface area (Å²) in [6.07, 6.45) is 8.14. The van der Waals surface area contributed by atoms with E-state index in [4.69, 9.17) is 8.85 Å². The molecule has 0 saturated carbocycles. The minimum absolute atomic E-state index is 0.0148. The first kappa shape index (κ1) is 18.8. The third kappa shape index (κ3) is 6.68. The van der Waals surface area contributed by atoms with Gasteiger partial charge in [-0.05, 0) is 26.3 Å². The van der Waals surface area contributed by atoms with Gasteiger partial charge < -0.3 is 13.6 Å². The second-order valence-corrected chi connectivity index (χ2v) is 8.63. The highest BCUT2D eigenvalue weighted by Gasteiger charge is 2.43. The van der Waals surface area contributed by atoms with Crippen LogP contribution in [-0.4, -0.2) is 28.1 Å². The van der Waals surface area contributed by atoms with Crippen LogP contribution in [0.15, 0.2) is 0 Å². The minimum Gasteiger partial charge on any atom is -0.394 e. The molecule has 0 saturated heterocycles. The van der Waals surface area contributed by atoms with Gasteiger partial charge in [-0.15, -0.1) is 0 Å². The lowest BCUT2D eigenvalue weighted by Crippen LogP contribution is -2.47. The Balaban J connectivity index is 4.42. The molecule has 0 radical (unpaired) electrons. The molecule has 0 rings (SSSR count). The fourth-order valence-corrected chi connectivity index (χ4v) is 5.84. The van der Waals surface area contributed by atoms with E-state index in [9.17, 15) is 4.79 Å². The summed E-state index contributed by atoms with van der Waals surface area (Å²) < 4.78 is 11.9. The number of rotatable bonds is 13. The molecule has 19 heavy (non-hydrogen) atoms. The smallest absolute Gasteiger partial charge is 0.348 e. The number of carbonyl (C=O) groups excluding carboxylic acids is 1. The third-order valence-corrected chi connectivity index (χ3v) is 7.71. The number of hydrogen-bond donors (Lipinski definition) is 0. The van der Waals surface area contributed by atoms with Crippen LogP contribution in [0.4, 0.5) is 0 Å². The summed E-state index contributed by atoms with van der Waals surface area (Å²) in [5, 5.41) is 0. The van der Waals surface area contributed by atoms with E-state index >= 15 is 0 Å². The zero-order chi connectivity index (χ0) is 14.6. The number of unbranched alkanes of at least 4 members (excludes halogenated alkanes) is 4. The Bertz CT molecular complexity index is 215. The van der Waals surface area contributed by atoms with Crippen LogP contribution in [0, 0.1) is 0 Å². The van der Waals surface area contributed by atoms with E-state index < -0.39 is 8.56 Å². The van der Waals surface area contributed by atoms with Crippen molar-refractivity contribution >= 4 is 14.8 Å². The van der Waals surface area contributed by atoms with E-state index in [1.54, 1.807) is 0 Å². The molecule has 0 aromatic heterocycles. The van der Waals surface area contributed by atoms with Crippen LogP contribution in [0.5, 0.6) is 0 Å². The molecule has 1 atom stereocenters. The molecule has 0 fully saturated rings. The topological polar surface area (TPSA) is 35.5 Å². The molecule has 0 aromatic rings. The van der Waals surface area contributed by atoms with Gasteiger partial charge in [-0.25, -0.2) is 0 Å². The maximum atomic E-state index is 11.5. The minimum atomic E-state index is -2.34. The predicted octanol–water partition coefficient (Wildman–Crippen LogP) is 4.45. The maximum absolute atomic E-state index is 11.5. The summed E-state index contributed by atoms with van der Waals surface area (Å²) in [7, 11) is -2.34. The van der Waals surface area contributed by atoms with Crippen molar-refractivity contribution in [3.63, 3.8) is 0 Å². The van der Waals surface area contributed by atoms with E-state index in [2.05, 4.69) is 13.8 Å². The van der Waals surface area contributed by atoms with Gasteiger partial charge in [-0.1, -0.05) is 46.0 Å². The maximum Gasteiger partial charge on any atom is 0.348 e. The molecular formula is C15H32O3Si. The van der Waals surface area contributed by atoms with Crippen LogP contribution in [0.3, 0.4) is 0 Å². The highest BCUT2D eigenvalue weighted by Crippen LogP contribution is 2.31. The molecule has 4 heteroatoms. The molecule has 0 aliphatic heterocycles. The van der Waals surface area contributed by atoms with Crippen LogP contribution in [0.25, 0.3) is 0 Å². The Morgan fingerprint density at radius 2 is 1.53 bits per heavy atom. The normalized spacial score (nSPS) is 13.5. The summed E-state index contributed by atoms with van der Waals surface area (Å²) in [6.45, 7) is 9.55. The monoisotopic (exact) mass is 288 g/mol. The Kier molecular flexibility index (Phi) is 11.5. The fraction of sp³-hybridized carbons (Fsp3) is 0.933. The van der Waals surface area contributed by atoms with Crippen LogP contribution in [0.1, 0.15) is 66.2 Å². The number of hydrogen-bond acceptors (Lipinski definition) is 3.